The van der Waals surface area contributed by atoms with E-state index in [1.807, 2.05) is 0 Å². The molecule has 0 aliphatic heterocycles. The maximum Gasteiger partial charge on any atom is 0.345 e. The molecule has 0 atom stereocenters. The molecular formula is C12H8BrF2NO2S. The Morgan fingerprint density at radius 3 is 2.47 bits per heavy atom. The molecular weight excluding hydrogens is 340 g/mol. The molecule has 0 unspecified atom stereocenters. The van der Waals surface area contributed by atoms with Crippen molar-refractivity contribution in [1.29, 1.82) is 0 Å². The lowest BCUT2D eigenvalue weighted by atomic mass is 10.3. The van der Waals surface area contributed by atoms with E-state index in [0.717, 1.165) is 23.5 Å². The Balaban J connectivity index is 2.12. The molecule has 1 heterocycles. The van der Waals surface area contributed by atoms with Crippen LogP contribution in [0.1, 0.15) is 14.5 Å². The van der Waals surface area contributed by atoms with Gasteiger partial charge in [0.05, 0.1) is 0 Å². The van der Waals surface area contributed by atoms with Gasteiger partial charge in [-0.2, -0.15) is 0 Å². The molecule has 2 rings (SSSR count). The first-order chi connectivity index (χ1) is 8.97. The number of nitrogens with one attached hydrogen (secondary N) is 1. The van der Waals surface area contributed by atoms with Gasteiger partial charge in [0.25, 0.3) is 0 Å². The zero-order chi connectivity index (χ0) is 14.0. The van der Waals surface area contributed by atoms with Gasteiger partial charge in [0, 0.05) is 15.9 Å². The summed E-state index contributed by atoms with van der Waals surface area (Å²) in [5.74, 6) is -2.43. The molecule has 1 aromatic carbocycles. The monoisotopic (exact) mass is 347 g/mol. The summed E-state index contributed by atoms with van der Waals surface area (Å²) < 4.78 is 27.4. The van der Waals surface area contributed by atoms with Crippen LogP contribution in [-0.4, -0.2) is 11.1 Å². The average molecular weight is 348 g/mol. The van der Waals surface area contributed by atoms with Crippen molar-refractivity contribution in [2.75, 3.05) is 5.32 Å². The minimum absolute atomic E-state index is 0.160. The third-order valence-electron chi connectivity index (χ3n) is 2.32. The highest BCUT2D eigenvalue weighted by atomic mass is 79.9. The van der Waals surface area contributed by atoms with Crippen LogP contribution in [0.5, 0.6) is 0 Å². The Hall–Kier alpha value is -1.47. The summed E-state index contributed by atoms with van der Waals surface area (Å²) in [6, 6.07) is 5.37. The minimum Gasteiger partial charge on any atom is -0.477 e. The maximum absolute atomic E-state index is 13.5. The molecule has 2 N–H and O–H groups in total. The van der Waals surface area contributed by atoms with E-state index in [0.29, 0.717) is 9.35 Å². The van der Waals surface area contributed by atoms with Crippen molar-refractivity contribution in [3.63, 3.8) is 0 Å². The van der Waals surface area contributed by atoms with Crippen molar-refractivity contribution in [2.24, 2.45) is 0 Å². The number of carboxylic acid groups (broad SMARTS) is 1. The zero-order valence-electron chi connectivity index (χ0n) is 9.41. The molecule has 100 valence electrons. The van der Waals surface area contributed by atoms with Crippen LogP contribution in [0, 0.1) is 11.6 Å². The second-order valence-electron chi connectivity index (χ2n) is 3.67. The number of carboxylic acids is 1. The van der Waals surface area contributed by atoms with E-state index in [1.165, 1.54) is 6.07 Å². The molecule has 0 fully saturated rings. The van der Waals surface area contributed by atoms with Crippen molar-refractivity contribution in [2.45, 2.75) is 6.54 Å². The fraction of sp³-hybridized carbons (Fsp3) is 0.0833. The van der Waals surface area contributed by atoms with Gasteiger partial charge in [0.15, 0.2) is 0 Å². The number of rotatable bonds is 4. The molecule has 0 aliphatic rings. The SMILES string of the molecule is O=C(O)c1ccc(CNc2c(F)cc(Br)cc2F)s1. The molecule has 19 heavy (non-hydrogen) atoms. The normalized spacial score (nSPS) is 10.5. The van der Waals surface area contributed by atoms with E-state index >= 15 is 0 Å². The molecule has 3 nitrogen and oxygen atoms in total. The fourth-order valence-electron chi connectivity index (χ4n) is 1.47. The number of thiophene rings is 1. The van der Waals surface area contributed by atoms with Crippen LogP contribution >= 0.6 is 27.3 Å². The van der Waals surface area contributed by atoms with E-state index in [2.05, 4.69) is 21.2 Å². The Morgan fingerprint density at radius 2 is 1.95 bits per heavy atom. The van der Waals surface area contributed by atoms with Crippen molar-refractivity contribution < 1.29 is 18.7 Å². The topological polar surface area (TPSA) is 49.3 Å². The summed E-state index contributed by atoms with van der Waals surface area (Å²) in [6.07, 6.45) is 0. The predicted octanol–water partition coefficient (Wildman–Crippen LogP) is 4.10. The van der Waals surface area contributed by atoms with Crippen molar-refractivity contribution in [3.05, 3.63) is 50.1 Å². The number of benzene rings is 1. The first kappa shape index (κ1) is 14.0. The van der Waals surface area contributed by atoms with Crippen LogP contribution in [0.4, 0.5) is 14.5 Å². The summed E-state index contributed by atoms with van der Waals surface area (Å²) >= 11 is 4.05. The molecule has 0 amide bonds. The number of hydrogen-bond acceptors (Lipinski definition) is 3. The second-order valence-corrected chi connectivity index (χ2v) is 5.75. The van der Waals surface area contributed by atoms with Crippen LogP contribution in [0.3, 0.4) is 0 Å². The quantitative estimate of drug-likeness (QED) is 0.875. The van der Waals surface area contributed by atoms with Gasteiger partial charge in [-0.3, -0.25) is 0 Å². The molecule has 0 radical (unpaired) electrons. The lowest BCUT2D eigenvalue weighted by Gasteiger charge is -2.08. The molecule has 0 aliphatic carbocycles. The number of hydrogen-bond donors (Lipinski definition) is 2. The lowest BCUT2D eigenvalue weighted by molar-refractivity contribution is 0.0702. The Kier molecular flexibility index (Phi) is 4.16. The Morgan fingerprint density at radius 1 is 1.32 bits per heavy atom. The third-order valence-corrected chi connectivity index (χ3v) is 3.85. The molecule has 0 bridgehead atoms. The molecule has 0 saturated carbocycles. The largest absolute Gasteiger partial charge is 0.477 e. The predicted molar refractivity (Wildman–Crippen MR) is 72.7 cm³/mol. The van der Waals surface area contributed by atoms with Gasteiger partial charge in [-0.25, -0.2) is 13.6 Å². The van der Waals surface area contributed by atoms with Crippen LogP contribution in [0.2, 0.25) is 0 Å². The fourth-order valence-corrected chi connectivity index (χ4v) is 2.66. The smallest absolute Gasteiger partial charge is 0.345 e. The summed E-state index contributed by atoms with van der Waals surface area (Å²) in [7, 11) is 0. The molecule has 1 aromatic heterocycles. The molecule has 0 saturated heterocycles. The first-order valence-corrected chi connectivity index (χ1v) is 6.78. The van der Waals surface area contributed by atoms with Crippen LogP contribution in [-0.2, 0) is 6.54 Å². The summed E-state index contributed by atoms with van der Waals surface area (Å²) in [6.45, 7) is 0.160. The Labute approximate surface area is 120 Å². The van der Waals surface area contributed by atoms with E-state index in [1.54, 1.807) is 6.07 Å². The third kappa shape index (κ3) is 3.30. The van der Waals surface area contributed by atoms with Crippen molar-refractivity contribution in [1.82, 2.24) is 0 Å². The highest BCUT2D eigenvalue weighted by molar-refractivity contribution is 9.10. The molecule has 7 heteroatoms. The lowest BCUT2D eigenvalue weighted by Crippen LogP contribution is -2.02. The summed E-state index contributed by atoms with van der Waals surface area (Å²) in [5, 5.41) is 11.4. The van der Waals surface area contributed by atoms with E-state index in [4.69, 9.17) is 5.11 Å². The average Bonchev–Trinajstić information content (AvgIpc) is 2.76. The van der Waals surface area contributed by atoms with E-state index in [9.17, 15) is 13.6 Å². The zero-order valence-corrected chi connectivity index (χ0v) is 11.8. The van der Waals surface area contributed by atoms with E-state index in [-0.39, 0.29) is 17.1 Å². The Bertz CT molecular complexity index is 607. The first-order valence-electron chi connectivity index (χ1n) is 5.18. The number of halogens is 3. The van der Waals surface area contributed by atoms with Gasteiger partial charge in [0.2, 0.25) is 0 Å². The standard InChI is InChI=1S/C12H8BrF2NO2S/c13-6-3-8(14)11(9(15)4-6)16-5-7-1-2-10(19-7)12(17)18/h1-4,16H,5H2,(H,17,18). The summed E-state index contributed by atoms with van der Waals surface area (Å²) in [5.41, 5.74) is -0.228. The highest BCUT2D eigenvalue weighted by Gasteiger charge is 2.11. The van der Waals surface area contributed by atoms with Gasteiger partial charge in [0.1, 0.15) is 22.2 Å². The van der Waals surface area contributed by atoms with Crippen LogP contribution in [0.25, 0.3) is 0 Å². The minimum atomic E-state index is -1.02. The van der Waals surface area contributed by atoms with Crippen molar-refractivity contribution >= 4 is 38.9 Å². The maximum atomic E-state index is 13.5. The van der Waals surface area contributed by atoms with Gasteiger partial charge in [-0.15, -0.1) is 11.3 Å². The number of aromatic carboxylic acids is 1. The van der Waals surface area contributed by atoms with Crippen LogP contribution < -0.4 is 5.32 Å². The number of anilines is 1. The molecule has 2 aromatic rings. The van der Waals surface area contributed by atoms with Gasteiger partial charge in [-0.05, 0) is 24.3 Å². The van der Waals surface area contributed by atoms with Gasteiger partial charge >= 0.3 is 5.97 Å². The van der Waals surface area contributed by atoms with Gasteiger partial charge in [-0.1, -0.05) is 15.9 Å². The van der Waals surface area contributed by atoms with Crippen LogP contribution in [0.15, 0.2) is 28.7 Å². The molecule has 0 spiro atoms. The van der Waals surface area contributed by atoms with Crippen molar-refractivity contribution in [3.8, 4) is 0 Å². The summed E-state index contributed by atoms with van der Waals surface area (Å²) in [4.78, 5) is 11.6. The number of carbonyl (C=O) groups is 1. The highest BCUT2D eigenvalue weighted by Crippen LogP contribution is 2.25. The second kappa shape index (κ2) is 5.66. The van der Waals surface area contributed by atoms with Gasteiger partial charge < -0.3 is 10.4 Å². The van der Waals surface area contributed by atoms with E-state index < -0.39 is 17.6 Å².